The third-order valence-electron chi connectivity index (χ3n) is 7.23. The molecular formula is C25H26ClFN6O7S. The number of aromatic carboxylic acids is 1. The van der Waals surface area contributed by atoms with Gasteiger partial charge in [0.1, 0.15) is 24.1 Å². The van der Waals surface area contributed by atoms with Crippen LogP contribution in [0.25, 0.3) is 10.9 Å². The number of benzene rings is 1. The number of anilines is 1. The number of aromatic nitrogens is 3. The molecule has 218 valence electrons. The summed E-state index contributed by atoms with van der Waals surface area (Å²) in [4.78, 5) is 55.4. The van der Waals surface area contributed by atoms with E-state index in [9.17, 15) is 29.6 Å². The molecule has 2 atom stereocenters. The quantitative estimate of drug-likeness (QED) is 0.165. The lowest BCUT2D eigenvalue weighted by Crippen LogP contribution is -2.48. The normalized spacial score (nSPS) is 17.7. The Labute approximate surface area is 241 Å². The van der Waals surface area contributed by atoms with E-state index in [4.69, 9.17) is 16.3 Å². The molecule has 0 amide bonds. The number of esters is 1. The molecule has 0 spiro atoms. The highest BCUT2D eigenvalue weighted by molar-refractivity contribution is 8.00. The van der Waals surface area contributed by atoms with Crippen molar-refractivity contribution in [1.29, 1.82) is 0 Å². The minimum atomic E-state index is -1.34. The van der Waals surface area contributed by atoms with Gasteiger partial charge in [0, 0.05) is 38.5 Å². The van der Waals surface area contributed by atoms with Crippen LogP contribution in [0.1, 0.15) is 28.5 Å². The van der Waals surface area contributed by atoms with Crippen LogP contribution in [-0.4, -0.2) is 85.7 Å². The number of aryl methyl sites for hydroxylation is 1. The monoisotopic (exact) mass is 608 g/mol. The minimum Gasteiger partial charge on any atom is -0.477 e. The molecule has 1 saturated heterocycles. The smallest absolute Gasteiger partial charge is 0.342 e. The first kappa shape index (κ1) is 28.8. The van der Waals surface area contributed by atoms with Gasteiger partial charge in [-0.25, -0.2) is 18.7 Å². The van der Waals surface area contributed by atoms with Crippen LogP contribution in [0.3, 0.4) is 0 Å². The van der Waals surface area contributed by atoms with Crippen molar-refractivity contribution in [3.63, 3.8) is 0 Å². The van der Waals surface area contributed by atoms with E-state index in [-0.39, 0.29) is 41.1 Å². The lowest BCUT2D eigenvalue weighted by molar-refractivity contribution is -0.392. The lowest BCUT2D eigenvalue weighted by Gasteiger charge is -2.37. The number of hydrogen-bond donors (Lipinski definition) is 1. The molecule has 41 heavy (non-hydrogen) atoms. The van der Waals surface area contributed by atoms with Gasteiger partial charge in [-0.15, -0.1) is 11.6 Å². The number of ether oxygens (including phenoxy) is 1. The predicted octanol–water partition coefficient (Wildman–Crippen LogP) is 2.85. The number of thioether (sulfide) groups is 1. The Morgan fingerprint density at radius 1 is 1.32 bits per heavy atom. The maximum atomic E-state index is 15.2. The number of carbonyl (C=O) groups is 2. The highest BCUT2D eigenvalue weighted by Gasteiger charge is 2.34. The number of alkyl halides is 1. The zero-order valence-electron chi connectivity index (χ0n) is 22.1. The average molecular weight is 609 g/mol. The first-order valence-corrected chi connectivity index (χ1v) is 14.1. The molecule has 0 radical (unpaired) electrons. The standard InChI is InChI=1S/C25H26ClFN6O7S/c1-13-28-10-20(33(38)39)31(13)11-15(9-26)40-21(34)12-29-3-5-30(6-4-29)19-8-18-16(7-17(19)27)23(35)22(25(36)37)24-32(18)14(2)41-24/h7-8,10,14-15H,3-6,9,11-12H2,1-2H3,(H,36,37). The van der Waals surface area contributed by atoms with Crippen molar-refractivity contribution >= 4 is 57.7 Å². The number of pyridine rings is 1. The predicted molar refractivity (Wildman–Crippen MR) is 149 cm³/mol. The third kappa shape index (κ3) is 5.36. The minimum absolute atomic E-state index is 0.00965. The number of imidazole rings is 1. The molecule has 2 aliphatic heterocycles. The third-order valence-corrected chi connectivity index (χ3v) is 8.75. The van der Waals surface area contributed by atoms with E-state index < -0.39 is 34.2 Å². The largest absolute Gasteiger partial charge is 0.477 e. The van der Waals surface area contributed by atoms with Gasteiger partial charge in [-0.3, -0.25) is 14.5 Å². The molecule has 1 aromatic carbocycles. The summed E-state index contributed by atoms with van der Waals surface area (Å²) < 4.78 is 23.8. The summed E-state index contributed by atoms with van der Waals surface area (Å²) in [6.45, 7) is 5.06. The van der Waals surface area contributed by atoms with Crippen molar-refractivity contribution < 1.29 is 28.7 Å². The van der Waals surface area contributed by atoms with Crippen LogP contribution in [0, 0.1) is 22.9 Å². The number of hydrogen-bond acceptors (Lipinski definition) is 10. The molecule has 2 unspecified atom stereocenters. The van der Waals surface area contributed by atoms with Gasteiger partial charge in [-0.2, -0.15) is 0 Å². The summed E-state index contributed by atoms with van der Waals surface area (Å²) >= 11 is 7.26. The summed E-state index contributed by atoms with van der Waals surface area (Å²) in [6, 6.07) is 2.69. The SMILES string of the molecule is Cc1ncc([N+](=O)[O-])n1CC(CCl)OC(=O)CN1CCN(c2cc3c(cc2F)c(=O)c(C(=O)O)c2n3C(C)S2)CC1. The number of halogens is 2. The summed E-state index contributed by atoms with van der Waals surface area (Å²) in [5.74, 6) is -2.40. The van der Waals surface area contributed by atoms with E-state index in [1.807, 2.05) is 16.7 Å². The van der Waals surface area contributed by atoms with Crippen molar-refractivity contribution in [3.8, 4) is 0 Å². The van der Waals surface area contributed by atoms with Gasteiger partial charge in [0.2, 0.25) is 5.43 Å². The van der Waals surface area contributed by atoms with Gasteiger partial charge < -0.3 is 29.4 Å². The van der Waals surface area contributed by atoms with Gasteiger partial charge >= 0.3 is 17.8 Å². The van der Waals surface area contributed by atoms with Gasteiger partial charge in [0.15, 0.2) is 11.9 Å². The molecule has 1 N–H and O–H groups in total. The second kappa shape index (κ2) is 11.3. The molecule has 2 aromatic heterocycles. The van der Waals surface area contributed by atoms with Crippen LogP contribution < -0.4 is 10.3 Å². The van der Waals surface area contributed by atoms with E-state index >= 15 is 4.39 Å². The molecule has 5 rings (SSSR count). The fraction of sp³-hybridized carbons (Fsp3) is 0.440. The van der Waals surface area contributed by atoms with Gasteiger partial charge in [0.25, 0.3) is 0 Å². The van der Waals surface area contributed by atoms with Crippen LogP contribution in [-0.2, 0) is 16.1 Å². The number of carbonyl (C=O) groups excluding carboxylic acids is 1. The first-order chi connectivity index (χ1) is 19.5. The van der Waals surface area contributed by atoms with E-state index in [0.29, 0.717) is 48.2 Å². The molecule has 0 saturated carbocycles. The van der Waals surface area contributed by atoms with E-state index in [1.165, 1.54) is 16.3 Å². The lowest BCUT2D eigenvalue weighted by atomic mass is 10.1. The highest BCUT2D eigenvalue weighted by atomic mass is 35.5. The van der Waals surface area contributed by atoms with Crippen molar-refractivity contribution in [2.45, 2.75) is 36.9 Å². The van der Waals surface area contributed by atoms with E-state index in [0.717, 1.165) is 12.3 Å². The van der Waals surface area contributed by atoms with Crippen LogP contribution >= 0.6 is 23.4 Å². The number of carboxylic acid groups (broad SMARTS) is 1. The second-order valence-corrected chi connectivity index (χ2v) is 11.4. The number of carboxylic acids is 1. The summed E-state index contributed by atoms with van der Waals surface area (Å²) in [5, 5.41) is 21.0. The average Bonchev–Trinajstić information content (AvgIpc) is 3.28. The van der Waals surface area contributed by atoms with E-state index in [2.05, 4.69) is 4.98 Å². The van der Waals surface area contributed by atoms with Gasteiger partial charge in [-0.05, 0) is 24.0 Å². The Kier molecular flexibility index (Phi) is 7.94. The Morgan fingerprint density at radius 2 is 2.02 bits per heavy atom. The Hall–Kier alpha value is -3.69. The Bertz CT molecular complexity index is 1620. The number of nitrogens with zero attached hydrogens (tertiary/aromatic N) is 6. The number of rotatable bonds is 9. The molecule has 0 bridgehead atoms. The van der Waals surface area contributed by atoms with Crippen molar-refractivity contribution in [1.82, 2.24) is 19.0 Å². The van der Waals surface area contributed by atoms with Crippen LogP contribution in [0.2, 0.25) is 0 Å². The van der Waals surface area contributed by atoms with Crippen LogP contribution in [0.5, 0.6) is 0 Å². The topological polar surface area (TPSA) is 153 Å². The molecule has 2 aliphatic rings. The molecule has 4 heterocycles. The number of piperazine rings is 1. The molecule has 3 aromatic rings. The molecule has 16 heteroatoms. The first-order valence-electron chi connectivity index (χ1n) is 12.7. The molecule has 1 fully saturated rings. The zero-order valence-corrected chi connectivity index (χ0v) is 23.7. The summed E-state index contributed by atoms with van der Waals surface area (Å²) in [5.41, 5.74) is -0.285. The summed E-state index contributed by atoms with van der Waals surface area (Å²) in [7, 11) is 0. The zero-order chi connectivity index (χ0) is 29.6. The van der Waals surface area contributed by atoms with Crippen molar-refractivity contribution in [2.24, 2.45) is 0 Å². The molecule has 13 nitrogen and oxygen atoms in total. The maximum Gasteiger partial charge on any atom is 0.342 e. The number of fused-ring (bicyclic) bond motifs is 3. The van der Waals surface area contributed by atoms with Crippen LogP contribution in [0.15, 0.2) is 28.2 Å². The van der Waals surface area contributed by atoms with E-state index in [1.54, 1.807) is 17.6 Å². The number of nitro groups is 1. The van der Waals surface area contributed by atoms with Crippen molar-refractivity contribution in [3.05, 3.63) is 55.9 Å². The fourth-order valence-electron chi connectivity index (χ4n) is 5.17. The summed E-state index contributed by atoms with van der Waals surface area (Å²) in [6.07, 6.45) is 0.337. The van der Waals surface area contributed by atoms with Crippen LogP contribution in [0.4, 0.5) is 15.9 Å². The van der Waals surface area contributed by atoms with Gasteiger partial charge in [-0.1, -0.05) is 11.8 Å². The Balaban J connectivity index is 1.24. The van der Waals surface area contributed by atoms with Crippen molar-refractivity contribution in [2.75, 3.05) is 43.5 Å². The molecular weight excluding hydrogens is 583 g/mol. The highest BCUT2D eigenvalue weighted by Crippen LogP contribution is 2.46. The second-order valence-electron chi connectivity index (χ2n) is 9.78. The Morgan fingerprint density at radius 3 is 2.63 bits per heavy atom. The molecule has 0 aliphatic carbocycles. The maximum absolute atomic E-state index is 15.2. The fourth-order valence-corrected chi connectivity index (χ4v) is 6.48. The van der Waals surface area contributed by atoms with Gasteiger partial charge in [0.05, 0.1) is 34.0 Å².